The largest absolute Gasteiger partial charge is 0.496 e. The third kappa shape index (κ3) is 5.05. The first-order valence-electron chi connectivity index (χ1n) is 10.2. The number of guanidine groups is 1. The molecule has 0 saturated carbocycles. The second-order valence-electron chi connectivity index (χ2n) is 7.17. The van der Waals surface area contributed by atoms with Crippen molar-refractivity contribution in [1.29, 1.82) is 0 Å². The lowest BCUT2D eigenvalue weighted by Gasteiger charge is -2.23. The van der Waals surface area contributed by atoms with Crippen LogP contribution in [-0.4, -0.2) is 58.8 Å². The Morgan fingerprint density at radius 3 is 2.70 bits per heavy atom. The molecule has 0 radical (unpaired) electrons. The van der Waals surface area contributed by atoms with E-state index in [1.807, 2.05) is 67.4 Å². The number of anilines is 1. The van der Waals surface area contributed by atoms with Gasteiger partial charge in [0.1, 0.15) is 5.75 Å². The van der Waals surface area contributed by atoms with Crippen molar-refractivity contribution >= 4 is 21.7 Å². The van der Waals surface area contributed by atoms with Gasteiger partial charge in [0.25, 0.3) is 0 Å². The lowest BCUT2D eigenvalue weighted by atomic mass is 10.2. The van der Waals surface area contributed by atoms with E-state index in [0.717, 1.165) is 29.0 Å². The Bertz CT molecular complexity index is 991. The van der Waals surface area contributed by atoms with Crippen molar-refractivity contribution in [3.63, 3.8) is 0 Å². The summed E-state index contributed by atoms with van der Waals surface area (Å²) in [5.74, 6) is 1.45. The summed E-state index contributed by atoms with van der Waals surface area (Å²) in [6.45, 7) is 3.98. The van der Waals surface area contributed by atoms with Crippen LogP contribution in [-0.2, 0) is 23.0 Å². The van der Waals surface area contributed by atoms with E-state index < -0.39 is 10.0 Å². The Kier molecular flexibility index (Phi) is 7.20. The molecule has 0 amide bonds. The molecule has 7 nitrogen and oxygen atoms in total. The molecule has 1 N–H and O–H groups in total. The number of fused-ring (bicyclic) bond motifs is 1. The highest BCUT2D eigenvalue weighted by Crippen LogP contribution is 2.29. The van der Waals surface area contributed by atoms with E-state index in [0.29, 0.717) is 25.6 Å². The normalized spacial score (nSPS) is 13.8. The number of nitrogens with zero attached hydrogens (tertiary/aromatic N) is 3. The third-order valence-electron chi connectivity index (χ3n) is 5.09. The van der Waals surface area contributed by atoms with Gasteiger partial charge in [0.05, 0.1) is 25.1 Å². The van der Waals surface area contributed by atoms with Gasteiger partial charge in [0, 0.05) is 32.2 Å². The molecule has 2 aromatic carbocycles. The first-order chi connectivity index (χ1) is 14.5. The van der Waals surface area contributed by atoms with Crippen LogP contribution in [0, 0.1) is 0 Å². The van der Waals surface area contributed by atoms with Gasteiger partial charge in [-0.05, 0) is 31.0 Å². The Morgan fingerprint density at radius 1 is 1.20 bits per heavy atom. The number of hydrogen-bond acceptors (Lipinski definition) is 4. The summed E-state index contributed by atoms with van der Waals surface area (Å²) < 4.78 is 32.7. The molecule has 2 aromatic rings. The number of sulfonamides is 1. The quantitative estimate of drug-likeness (QED) is 0.515. The summed E-state index contributed by atoms with van der Waals surface area (Å²) in [6, 6.07) is 15.5. The van der Waals surface area contributed by atoms with Gasteiger partial charge in [-0.15, -0.1) is 0 Å². The van der Waals surface area contributed by atoms with Gasteiger partial charge in [0.2, 0.25) is 10.0 Å². The second kappa shape index (κ2) is 9.84. The number of aliphatic imine (C=N–C) groups is 1. The molecular weight excluding hydrogens is 400 g/mol. The van der Waals surface area contributed by atoms with Crippen molar-refractivity contribution < 1.29 is 13.2 Å². The second-order valence-corrected chi connectivity index (χ2v) is 9.18. The van der Waals surface area contributed by atoms with Gasteiger partial charge in [-0.3, -0.25) is 9.30 Å². The SMILES string of the molecule is CCNC(=NCCS(=O)(=O)N1CCc2ccccc21)N(C)Cc1ccccc1OC. The summed E-state index contributed by atoms with van der Waals surface area (Å²) in [5, 5.41) is 3.24. The number of methoxy groups -OCH3 is 1. The van der Waals surface area contributed by atoms with Crippen LogP contribution in [0.3, 0.4) is 0 Å². The maximum atomic E-state index is 12.9. The zero-order valence-electron chi connectivity index (χ0n) is 17.8. The van der Waals surface area contributed by atoms with Crippen molar-refractivity contribution in [3.05, 3.63) is 59.7 Å². The minimum atomic E-state index is -3.42. The smallest absolute Gasteiger partial charge is 0.237 e. The highest BCUT2D eigenvalue weighted by Gasteiger charge is 2.28. The lowest BCUT2D eigenvalue weighted by molar-refractivity contribution is 0.396. The Hall–Kier alpha value is -2.74. The van der Waals surface area contributed by atoms with Gasteiger partial charge in [0.15, 0.2) is 5.96 Å². The third-order valence-corrected chi connectivity index (χ3v) is 6.84. The molecule has 3 rings (SSSR count). The molecule has 1 heterocycles. The van der Waals surface area contributed by atoms with Crippen molar-refractivity contribution in [2.24, 2.45) is 4.99 Å². The molecule has 0 bridgehead atoms. The van der Waals surface area contributed by atoms with Gasteiger partial charge in [-0.1, -0.05) is 36.4 Å². The van der Waals surface area contributed by atoms with E-state index in [1.165, 1.54) is 4.31 Å². The first kappa shape index (κ1) is 22.0. The summed E-state index contributed by atoms with van der Waals surface area (Å²) in [7, 11) is 0.163. The highest BCUT2D eigenvalue weighted by atomic mass is 32.2. The van der Waals surface area contributed by atoms with Crippen LogP contribution >= 0.6 is 0 Å². The number of benzene rings is 2. The molecule has 30 heavy (non-hydrogen) atoms. The standard InChI is InChI=1S/C22H30N4O3S/c1-4-23-22(25(2)17-19-10-6-8-12-21(19)29-3)24-14-16-30(27,28)26-15-13-18-9-5-7-11-20(18)26/h5-12H,4,13-17H2,1-3H3,(H,23,24). The van der Waals surface area contributed by atoms with E-state index in [9.17, 15) is 8.42 Å². The molecule has 1 aliphatic heterocycles. The van der Waals surface area contributed by atoms with E-state index in [2.05, 4.69) is 10.3 Å². The summed E-state index contributed by atoms with van der Waals surface area (Å²) in [4.78, 5) is 6.53. The van der Waals surface area contributed by atoms with E-state index in [4.69, 9.17) is 4.74 Å². The summed E-state index contributed by atoms with van der Waals surface area (Å²) in [6.07, 6.45) is 0.753. The van der Waals surface area contributed by atoms with Gasteiger partial charge < -0.3 is 15.0 Å². The zero-order valence-corrected chi connectivity index (χ0v) is 18.7. The molecule has 0 saturated heterocycles. The van der Waals surface area contributed by atoms with Crippen molar-refractivity contribution in [1.82, 2.24) is 10.2 Å². The Morgan fingerprint density at radius 2 is 1.93 bits per heavy atom. The van der Waals surface area contributed by atoms with E-state index in [-0.39, 0.29) is 12.3 Å². The monoisotopic (exact) mass is 430 g/mol. The molecule has 0 aliphatic carbocycles. The molecule has 162 valence electrons. The maximum Gasteiger partial charge on any atom is 0.237 e. The number of rotatable bonds is 8. The van der Waals surface area contributed by atoms with Crippen LogP contribution in [0.2, 0.25) is 0 Å². The van der Waals surface area contributed by atoms with Crippen molar-refractivity contribution in [2.75, 3.05) is 43.8 Å². The molecule has 8 heteroatoms. The predicted octanol–water partition coefficient (Wildman–Crippen LogP) is 2.49. The van der Waals surface area contributed by atoms with Crippen molar-refractivity contribution in [2.45, 2.75) is 19.9 Å². The first-order valence-corrected chi connectivity index (χ1v) is 11.8. The fraction of sp³-hybridized carbons (Fsp3) is 0.409. The average molecular weight is 431 g/mol. The molecule has 0 aromatic heterocycles. The summed E-state index contributed by atoms with van der Waals surface area (Å²) in [5.41, 5.74) is 2.91. The van der Waals surface area contributed by atoms with Crippen molar-refractivity contribution in [3.8, 4) is 5.75 Å². The number of ether oxygens (including phenoxy) is 1. The number of para-hydroxylation sites is 2. The number of hydrogen-bond donors (Lipinski definition) is 1. The van der Waals surface area contributed by atoms with Crippen LogP contribution in [0.4, 0.5) is 5.69 Å². The van der Waals surface area contributed by atoms with Crippen LogP contribution in [0.25, 0.3) is 0 Å². The maximum absolute atomic E-state index is 12.9. The van der Waals surface area contributed by atoms with Crippen LogP contribution in [0.5, 0.6) is 5.75 Å². The molecule has 0 spiro atoms. The fourth-order valence-corrected chi connectivity index (χ4v) is 5.00. The zero-order chi connectivity index (χ0) is 21.6. The average Bonchev–Trinajstić information content (AvgIpc) is 3.18. The fourth-order valence-electron chi connectivity index (χ4n) is 3.61. The minimum absolute atomic E-state index is 0.0290. The molecule has 0 fully saturated rings. The predicted molar refractivity (Wildman–Crippen MR) is 122 cm³/mol. The molecule has 1 aliphatic rings. The Balaban J connectivity index is 1.67. The van der Waals surface area contributed by atoms with E-state index >= 15 is 0 Å². The number of nitrogens with one attached hydrogen (secondary N) is 1. The van der Waals surface area contributed by atoms with Gasteiger partial charge in [-0.25, -0.2) is 8.42 Å². The lowest BCUT2D eigenvalue weighted by Crippen LogP contribution is -2.39. The van der Waals surface area contributed by atoms with Crippen LogP contribution in [0.1, 0.15) is 18.1 Å². The van der Waals surface area contributed by atoms with Gasteiger partial charge >= 0.3 is 0 Å². The Labute approximate surface area is 179 Å². The molecule has 0 unspecified atom stereocenters. The minimum Gasteiger partial charge on any atom is -0.496 e. The topological polar surface area (TPSA) is 74.2 Å². The van der Waals surface area contributed by atoms with Crippen LogP contribution < -0.4 is 14.4 Å². The van der Waals surface area contributed by atoms with Gasteiger partial charge in [-0.2, -0.15) is 0 Å². The molecular formula is C22H30N4O3S. The molecule has 0 atom stereocenters. The van der Waals surface area contributed by atoms with E-state index in [1.54, 1.807) is 7.11 Å². The summed E-state index contributed by atoms with van der Waals surface area (Å²) >= 11 is 0. The van der Waals surface area contributed by atoms with Crippen LogP contribution in [0.15, 0.2) is 53.5 Å². The highest BCUT2D eigenvalue weighted by molar-refractivity contribution is 7.92.